The van der Waals surface area contributed by atoms with Crippen molar-refractivity contribution in [3.63, 3.8) is 0 Å². The number of rotatable bonds is 6. The maximum Gasteiger partial charge on any atom is 0.309 e. The summed E-state index contributed by atoms with van der Waals surface area (Å²) in [6.07, 6.45) is 1.30. The van der Waals surface area contributed by atoms with Crippen LogP contribution in [-0.2, 0) is 15.3 Å². The largest absolute Gasteiger partial charge is 0.466 e. The molecule has 144 valence electrons. The first-order valence-electron chi connectivity index (χ1n) is 9.18. The quantitative estimate of drug-likeness (QED) is 0.555. The second-order valence-corrected chi connectivity index (χ2v) is 7.56. The summed E-state index contributed by atoms with van der Waals surface area (Å²) in [5.74, 6) is 1.16. The average Bonchev–Trinajstić information content (AvgIpc) is 3.11. The van der Waals surface area contributed by atoms with Crippen molar-refractivity contribution in [2.45, 2.75) is 37.3 Å². The van der Waals surface area contributed by atoms with Gasteiger partial charge in [0.15, 0.2) is 0 Å². The lowest BCUT2D eigenvalue weighted by atomic mass is 9.96. The van der Waals surface area contributed by atoms with Gasteiger partial charge in [0, 0.05) is 24.1 Å². The predicted octanol–water partition coefficient (Wildman–Crippen LogP) is 3.69. The first-order chi connectivity index (χ1) is 13.1. The van der Waals surface area contributed by atoms with Crippen molar-refractivity contribution in [1.29, 1.82) is 0 Å². The molecule has 27 heavy (non-hydrogen) atoms. The van der Waals surface area contributed by atoms with Crippen molar-refractivity contribution in [1.82, 2.24) is 10.1 Å². The first kappa shape index (κ1) is 19.5. The molecule has 1 saturated heterocycles. The molecular weight excluding hydrogens is 364 g/mol. The molecule has 1 aliphatic rings. The van der Waals surface area contributed by atoms with Crippen molar-refractivity contribution in [3.05, 3.63) is 47.3 Å². The molecule has 0 radical (unpaired) electrons. The van der Waals surface area contributed by atoms with Crippen LogP contribution in [0.4, 0.5) is 0 Å². The third-order valence-corrected chi connectivity index (χ3v) is 5.66. The Labute approximate surface area is 163 Å². The number of thioether (sulfide) groups is 1. The Morgan fingerprint density at radius 3 is 2.70 bits per heavy atom. The molecule has 0 aliphatic carbocycles. The van der Waals surface area contributed by atoms with Crippen LogP contribution < -0.4 is 0 Å². The standard InChI is InChI=1S/C20H24N2O4S/c1-3-25-20(24)15-8-10-22(11-9-15)19(23)17-6-4-5-7-18(17)27-13-16-12-14(2)21-26-16/h4-7,12,15H,3,8-11,13H2,1-2H3. The van der Waals surface area contributed by atoms with Crippen molar-refractivity contribution in [2.24, 2.45) is 5.92 Å². The fourth-order valence-corrected chi connectivity index (χ4v) is 4.07. The number of nitrogens with zero attached hydrogens (tertiary/aromatic N) is 2. The lowest BCUT2D eigenvalue weighted by Gasteiger charge is -2.31. The smallest absolute Gasteiger partial charge is 0.309 e. The summed E-state index contributed by atoms with van der Waals surface area (Å²) in [5, 5.41) is 3.89. The van der Waals surface area contributed by atoms with Gasteiger partial charge in [0.25, 0.3) is 5.91 Å². The molecule has 7 heteroatoms. The first-order valence-corrected chi connectivity index (χ1v) is 10.2. The summed E-state index contributed by atoms with van der Waals surface area (Å²) in [5.41, 5.74) is 1.53. The van der Waals surface area contributed by atoms with Crippen LogP contribution >= 0.6 is 11.8 Å². The van der Waals surface area contributed by atoms with E-state index in [-0.39, 0.29) is 17.8 Å². The fraction of sp³-hybridized carbons (Fsp3) is 0.450. The van der Waals surface area contributed by atoms with E-state index in [9.17, 15) is 9.59 Å². The highest BCUT2D eigenvalue weighted by Gasteiger charge is 2.29. The average molecular weight is 388 g/mol. The number of amides is 1. The lowest BCUT2D eigenvalue weighted by Crippen LogP contribution is -2.40. The molecule has 1 aliphatic heterocycles. The minimum atomic E-state index is -0.150. The lowest BCUT2D eigenvalue weighted by molar-refractivity contribution is -0.149. The number of benzene rings is 1. The topological polar surface area (TPSA) is 72.6 Å². The summed E-state index contributed by atoms with van der Waals surface area (Å²) in [6, 6.07) is 9.51. The molecular formula is C20H24N2O4S. The Bertz CT molecular complexity index is 797. The molecule has 0 spiro atoms. The van der Waals surface area contributed by atoms with Gasteiger partial charge >= 0.3 is 5.97 Å². The number of ether oxygens (including phenoxy) is 1. The van der Waals surface area contributed by atoms with Gasteiger partial charge in [-0.15, -0.1) is 11.8 Å². The molecule has 1 fully saturated rings. The zero-order valence-electron chi connectivity index (χ0n) is 15.6. The van der Waals surface area contributed by atoms with Gasteiger partial charge in [0.1, 0.15) is 5.76 Å². The van der Waals surface area contributed by atoms with E-state index in [1.54, 1.807) is 11.8 Å². The van der Waals surface area contributed by atoms with Gasteiger partial charge in [0.05, 0.1) is 29.5 Å². The van der Waals surface area contributed by atoms with Crippen LogP contribution in [0.2, 0.25) is 0 Å². The van der Waals surface area contributed by atoms with Gasteiger partial charge in [-0.1, -0.05) is 17.3 Å². The molecule has 0 atom stereocenters. The number of piperidine rings is 1. The van der Waals surface area contributed by atoms with E-state index in [4.69, 9.17) is 9.26 Å². The molecule has 2 aromatic rings. The third-order valence-electron chi connectivity index (χ3n) is 4.57. The summed E-state index contributed by atoms with van der Waals surface area (Å²) < 4.78 is 10.3. The Morgan fingerprint density at radius 2 is 2.04 bits per heavy atom. The predicted molar refractivity (Wildman–Crippen MR) is 103 cm³/mol. The van der Waals surface area contributed by atoms with Crippen LogP contribution in [0.1, 0.15) is 41.6 Å². The number of carbonyl (C=O) groups excluding carboxylic acids is 2. The molecule has 0 unspecified atom stereocenters. The van der Waals surface area contributed by atoms with E-state index in [1.807, 2.05) is 49.1 Å². The highest BCUT2D eigenvalue weighted by molar-refractivity contribution is 7.98. The van der Waals surface area contributed by atoms with Gasteiger partial charge in [-0.05, 0) is 38.8 Å². The van der Waals surface area contributed by atoms with Gasteiger partial charge in [-0.2, -0.15) is 0 Å². The monoisotopic (exact) mass is 388 g/mol. The van der Waals surface area contributed by atoms with Gasteiger partial charge < -0.3 is 14.2 Å². The summed E-state index contributed by atoms with van der Waals surface area (Å²) in [4.78, 5) is 27.6. The maximum atomic E-state index is 13.0. The highest BCUT2D eigenvalue weighted by atomic mass is 32.2. The SMILES string of the molecule is CCOC(=O)C1CCN(C(=O)c2ccccc2SCc2cc(C)no2)CC1. The second kappa shape index (κ2) is 9.08. The molecule has 0 saturated carbocycles. The van der Waals surface area contributed by atoms with Crippen LogP contribution in [0.25, 0.3) is 0 Å². The van der Waals surface area contributed by atoms with Crippen molar-refractivity contribution >= 4 is 23.6 Å². The van der Waals surface area contributed by atoms with Crippen LogP contribution in [0.3, 0.4) is 0 Å². The normalized spacial score (nSPS) is 15.0. The van der Waals surface area contributed by atoms with E-state index < -0.39 is 0 Å². The summed E-state index contributed by atoms with van der Waals surface area (Å²) in [6.45, 7) is 5.23. The number of likely N-dealkylation sites (tertiary alicyclic amines) is 1. The van der Waals surface area contributed by atoms with Gasteiger partial charge in [-0.25, -0.2) is 0 Å². The van der Waals surface area contributed by atoms with Crippen LogP contribution in [0.15, 0.2) is 39.8 Å². The number of aryl methyl sites for hydroxylation is 1. The number of esters is 1. The number of aromatic nitrogens is 1. The third kappa shape index (κ3) is 4.91. The molecule has 2 heterocycles. The molecule has 1 aromatic carbocycles. The summed E-state index contributed by atoms with van der Waals surface area (Å²) >= 11 is 1.56. The van der Waals surface area contributed by atoms with E-state index >= 15 is 0 Å². The molecule has 1 aromatic heterocycles. The second-order valence-electron chi connectivity index (χ2n) is 6.54. The van der Waals surface area contributed by atoms with E-state index in [1.165, 1.54) is 0 Å². The molecule has 0 bridgehead atoms. The minimum Gasteiger partial charge on any atom is -0.466 e. The van der Waals surface area contributed by atoms with Gasteiger partial charge in [0.2, 0.25) is 0 Å². The minimum absolute atomic E-state index is 0.00848. The van der Waals surface area contributed by atoms with Crippen molar-refractivity contribution in [3.8, 4) is 0 Å². The highest BCUT2D eigenvalue weighted by Crippen LogP contribution is 2.29. The number of hydrogen-bond donors (Lipinski definition) is 0. The molecule has 6 nitrogen and oxygen atoms in total. The van der Waals surface area contributed by atoms with E-state index in [0.717, 1.165) is 16.3 Å². The summed E-state index contributed by atoms with van der Waals surface area (Å²) in [7, 11) is 0. The Hall–Kier alpha value is -2.28. The molecule has 1 amide bonds. The maximum absolute atomic E-state index is 13.0. The van der Waals surface area contributed by atoms with Crippen molar-refractivity contribution in [2.75, 3.05) is 19.7 Å². The van der Waals surface area contributed by atoms with Crippen LogP contribution in [0, 0.1) is 12.8 Å². The number of carbonyl (C=O) groups is 2. The van der Waals surface area contributed by atoms with E-state index in [0.29, 0.717) is 43.9 Å². The van der Waals surface area contributed by atoms with E-state index in [2.05, 4.69) is 5.16 Å². The Morgan fingerprint density at radius 1 is 1.30 bits per heavy atom. The fourth-order valence-electron chi connectivity index (χ4n) is 3.15. The van der Waals surface area contributed by atoms with Crippen LogP contribution in [-0.4, -0.2) is 41.6 Å². The Kier molecular flexibility index (Phi) is 6.55. The molecule has 3 rings (SSSR count). The number of hydrogen-bond acceptors (Lipinski definition) is 6. The zero-order chi connectivity index (χ0) is 19.2. The Balaban J connectivity index is 1.62. The van der Waals surface area contributed by atoms with Crippen LogP contribution in [0.5, 0.6) is 0 Å². The zero-order valence-corrected chi connectivity index (χ0v) is 16.5. The van der Waals surface area contributed by atoms with Gasteiger partial charge in [-0.3, -0.25) is 9.59 Å². The van der Waals surface area contributed by atoms with Crippen molar-refractivity contribution < 1.29 is 18.8 Å². The molecule has 0 N–H and O–H groups in total.